The first-order valence-corrected chi connectivity index (χ1v) is 12.9. The highest BCUT2D eigenvalue weighted by Gasteiger charge is 2.39. The van der Waals surface area contributed by atoms with Crippen LogP contribution >= 0.6 is 0 Å². The molecule has 0 saturated carbocycles. The number of carbonyl (C=O) groups excluding carboxylic acids is 3. The predicted molar refractivity (Wildman–Crippen MR) is 147 cm³/mol. The number of benzene rings is 2. The molecule has 206 valence electrons. The van der Waals surface area contributed by atoms with Crippen molar-refractivity contribution in [3.63, 3.8) is 0 Å². The number of hydrogen-bond donors (Lipinski definition) is 4. The number of alkyl carbamates (subject to hydrolysis) is 1. The van der Waals surface area contributed by atoms with Crippen LogP contribution in [0.25, 0.3) is 0 Å². The second-order valence-corrected chi connectivity index (χ2v) is 9.30. The molecule has 1 heterocycles. The molecular formula is C27H36BMgN3O7. The summed E-state index contributed by atoms with van der Waals surface area (Å²) in [5.41, 5.74) is 1.66. The van der Waals surface area contributed by atoms with Crippen LogP contribution in [-0.2, 0) is 32.1 Å². The fourth-order valence-electron chi connectivity index (χ4n) is 4.48. The van der Waals surface area contributed by atoms with Crippen LogP contribution in [-0.4, -0.2) is 101 Å². The van der Waals surface area contributed by atoms with Gasteiger partial charge in [0.2, 0.25) is 11.8 Å². The molecule has 1 aliphatic heterocycles. The Morgan fingerprint density at radius 2 is 1.67 bits per heavy atom. The van der Waals surface area contributed by atoms with Crippen LogP contribution in [0.5, 0.6) is 0 Å². The first-order chi connectivity index (χ1) is 18.4. The quantitative estimate of drug-likeness (QED) is 0.217. The van der Waals surface area contributed by atoms with Crippen molar-refractivity contribution in [2.45, 2.75) is 56.7 Å². The first kappa shape index (κ1) is 32.6. The number of amides is 3. The Morgan fingerprint density at radius 3 is 2.28 bits per heavy atom. The van der Waals surface area contributed by atoms with Crippen LogP contribution in [0.15, 0.2) is 60.7 Å². The van der Waals surface area contributed by atoms with E-state index in [1.54, 1.807) is 7.11 Å². The number of ether oxygens (including phenoxy) is 2. The Balaban J connectivity index is 0.00000533. The number of carbonyl (C=O) groups is 3. The molecule has 2 aromatic carbocycles. The van der Waals surface area contributed by atoms with E-state index in [9.17, 15) is 24.4 Å². The number of nitrogens with one attached hydrogen (secondary N) is 2. The van der Waals surface area contributed by atoms with E-state index in [2.05, 4.69) is 10.6 Å². The molecule has 3 rings (SSSR count). The third-order valence-corrected chi connectivity index (χ3v) is 6.48. The number of hydrogen-bond acceptors (Lipinski definition) is 7. The number of likely N-dealkylation sites (tertiary alicyclic amines) is 1. The number of methoxy groups -OCH3 is 1. The Morgan fingerprint density at radius 1 is 1.03 bits per heavy atom. The van der Waals surface area contributed by atoms with Crippen LogP contribution in [0.3, 0.4) is 0 Å². The minimum absolute atomic E-state index is 0. The average Bonchev–Trinajstić information content (AvgIpc) is 3.42. The average molecular weight is 550 g/mol. The molecule has 4 N–H and O–H groups in total. The van der Waals surface area contributed by atoms with Gasteiger partial charge >= 0.3 is 13.2 Å². The fourth-order valence-corrected chi connectivity index (χ4v) is 4.48. The largest absolute Gasteiger partial charge is 0.475 e. The van der Waals surface area contributed by atoms with Crippen molar-refractivity contribution in [3.8, 4) is 0 Å². The zero-order valence-electron chi connectivity index (χ0n) is 22.3. The third kappa shape index (κ3) is 10.5. The van der Waals surface area contributed by atoms with Crippen molar-refractivity contribution in [1.82, 2.24) is 15.5 Å². The van der Waals surface area contributed by atoms with Crippen LogP contribution < -0.4 is 10.6 Å². The van der Waals surface area contributed by atoms with E-state index in [0.717, 1.165) is 11.1 Å². The maximum Gasteiger partial charge on any atom is 0.475 e. The van der Waals surface area contributed by atoms with Gasteiger partial charge in [-0.2, -0.15) is 0 Å². The van der Waals surface area contributed by atoms with Crippen molar-refractivity contribution in [3.05, 3.63) is 71.8 Å². The van der Waals surface area contributed by atoms with Gasteiger partial charge in [0.05, 0.1) is 5.94 Å². The Bertz CT molecular complexity index is 1030. The lowest BCUT2D eigenvalue weighted by Crippen LogP contribution is -2.56. The summed E-state index contributed by atoms with van der Waals surface area (Å²) in [6, 6.07) is 16.8. The minimum atomic E-state index is -1.74. The summed E-state index contributed by atoms with van der Waals surface area (Å²) in [6.45, 7) is 0.820. The molecule has 0 unspecified atom stereocenters. The smallest absolute Gasteiger partial charge is 0.445 e. The van der Waals surface area contributed by atoms with Crippen LogP contribution in [0.4, 0.5) is 4.79 Å². The normalized spacial score (nSPS) is 16.0. The summed E-state index contributed by atoms with van der Waals surface area (Å²) in [7, 11) is -0.198. The fraction of sp³-hybridized carbons (Fsp3) is 0.444. The van der Waals surface area contributed by atoms with E-state index in [1.165, 1.54) is 4.90 Å². The highest BCUT2D eigenvalue weighted by molar-refractivity contribution is 6.43. The van der Waals surface area contributed by atoms with Gasteiger partial charge in [-0.1, -0.05) is 60.7 Å². The summed E-state index contributed by atoms with van der Waals surface area (Å²) in [6.07, 6.45) is 1.37. The van der Waals surface area contributed by atoms with Crippen LogP contribution in [0.1, 0.15) is 36.8 Å². The van der Waals surface area contributed by atoms with E-state index < -0.39 is 43.1 Å². The summed E-state index contributed by atoms with van der Waals surface area (Å²) in [4.78, 5) is 40.9. The minimum Gasteiger partial charge on any atom is -0.445 e. The summed E-state index contributed by atoms with van der Waals surface area (Å²) < 4.78 is 10.3. The molecule has 0 bridgehead atoms. The Labute approximate surface area is 245 Å². The van der Waals surface area contributed by atoms with Crippen LogP contribution in [0, 0.1) is 0 Å². The first-order valence-electron chi connectivity index (χ1n) is 12.9. The van der Waals surface area contributed by atoms with E-state index in [1.807, 2.05) is 60.7 Å². The van der Waals surface area contributed by atoms with Gasteiger partial charge in [0.15, 0.2) is 0 Å². The van der Waals surface area contributed by atoms with E-state index >= 15 is 0 Å². The highest BCUT2D eigenvalue weighted by Crippen LogP contribution is 2.20. The number of rotatable bonds is 13. The molecule has 2 aromatic rings. The summed E-state index contributed by atoms with van der Waals surface area (Å²) in [5.74, 6) is -1.75. The zero-order chi connectivity index (χ0) is 27.3. The molecule has 3 atom stereocenters. The van der Waals surface area contributed by atoms with Gasteiger partial charge in [0.1, 0.15) is 18.7 Å². The van der Waals surface area contributed by atoms with Gasteiger partial charge in [0, 0.05) is 49.7 Å². The van der Waals surface area contributed by atoms with Gasteiger partial charge in [-0.05, 0) is 36.8 Å². The van der Waals surface area contributed by atoms with Crippen molar-refractivity contribution >= 4 is 48.1 Å². The predicted octanol–water partition coefficient (Wildman–Crippen LogP) is 1.06. The zero-order valence-corrected chi connectivity index (χ0v) is 23.7. The molecule has 12 heteroatoms. The molecule has 2 radical (unpaired) electrons. The molecule has 0 aromatic heterocycles. The maximum absolute atomic E-state index is 13.7. The second kappa shape index (κ2) is 17.1. The SMILES string of the molecule is COCCC[C@H](NC(=O)[C@@H]1CCCN1C(=O)[C@@H](Cc1ccccc1)NC(=O)OCc1ccccc1)B(O)O.[Mg]. The molecule has 10 nitrogen and oxygen atoms in total. The second-order valence-electron chi connectivity index (χ2n) is 9.30. The van der Waals surface area contributed by atoms with E-state index in [4.69, 9.17) is 9.47 Å². The molecule has 1 saturated heterocycles. The lowest BCUT2D eigenvalue weighted by atomic mass is 9.76. The van der Waals surface area contributed by atoms with Crippen molar-refractivity contribution in [2.24, 2.45) is 0 Å². The molecule has 1 fully saturated rings. The monoisotopic (exact) mass is 549 g/mol. The van der Waals surface area contributed by atoms with E-state index in [0.29, 0.717) is 38.8 Å². The molecule has 0 spiro atoms. The lowest BCUT2D eigenvalue weighted by molar-refractivity contribution is -0.140. The Kier molecular flexibility index (Phi) is 14.3. The summed E-state index contributed by atoms with van der Waals surface area (Å²) in [5, 5.41) is 24.8. The molecule has 39 heavy (non-hydrogen) atoms. The summed E-state index contributed by atoms with van der Waals surface area (Å²) >= 11 is 0. The molecule has 0 aliphatic carbocycles. The molecule has 3 amide bonds. The molecule has 1 aliphatic rings. The van der Waals surface area contributed by atoms with Gasteiger partial charge in [-0.25, -0.2) is 4.79 Å². The van der Waals surface area contributed by atoms with Gasteiger partial charge in [-0.15, -0.1) is 0 Å². The third-order valence-electron chi connectivity index (χ3n) is 6.48. The Hall–Kier alpha value is -2.64. The van der Waals surface area contributed by atoms with Crippen molar-refractivity contribution in [2.75, 3.05) is 20.3 Å². The topological polar surface area (TPSA) is 137 Å². The maximum atomic E-state index is 13.7. The van der Waals surface area contributed by atoms with Gasteiger partial charge < -0.3 is 35.1 Å². The van der Waals surface area contributed by atoms with Crippen LogP contribution in [0.2, 0.25) is 0 Å². The highest BCUT2D eigenvalue weighted by atomic mass is 24.3. The lowest BCUT2D eigenvalue weighted by Gasteiger charge is -2.30. The van der Waals surface area contributed by atoms with E-state index in [-0.39, 0.29) is 36.1 Å². The molecular weight excluding hydrogens is 513 g/mol. The van der Waals surface area contributed by atoms with Gasteiger partial charge in [0.25, 0.3) is 0 Å². The van der Waals surface area contributed by atoms with Gasteiger partial charge in [-0.3, -0.25) is 9.59 Å². The van der Waals surface area contributed by atoms with Crippen molar-refractivity contribution in [1.29, 1.82) is 0 Å². The number of nitrogens with zero attached hydrogens (tertiary/aromatic N) is 1. The van der Waals surface area contributed by atoms with Crippen molar-refractivity contribution < 1.29 is 33.9 Å². The standard InChI is InChI=1S/C27H36BN3O7.Mg/c1-37-17-9-15-24(28(35)36)30-25(32)23-14-8-16-31(23)26(33)22(18-20-10-4-2-5-11-20)29-27(34)38-19-21-12-6-3-7-13-21;/h2-7,10-13,22-24,35-36H,8-9,14-19H2,1H3,(H,29,34)(H,30,32);/t22-,23+,24+;/m1./s1.